The number of carboxylic acid groups (broad SMARTS) is 1. The third kappa shape index (κ3) is 3.20. The SMILES string of the molecule is Cc1ccc(-n2c(CO)nnc2SCC(=O)O)c(Br)c1. The van der Waals surface area contributed by atoms with E-state index in [1.54, 1.807) is 4.57 Å². The molecule has 0 fully saturated rings. The van der Waals surface area contributed by atoms with Gasteiger partial charge >= 0.3 is 5.97 Å². The van der Waals surface area contributed by atoms with Gasteiger partial charge in [0.15, 0.2) is 11.0 Å². The van der Waals surface area contributed by atoms with Crippen molar-refractivity contribution in [2.24, 2.45) is 0 Å². The van der Waals surface area contributed by atoms with Crippen molar-refractivity contribution in [3.8, 4) is 5.69 Å². The van der Waals surface area contributed by atoms with Crippen molar-refractivity contribution >= 4 is 33.7 Å². The molecule has 2 aromatic rings. The zero-order valence-corrected chi connectivity index (χ0v) is 13.0. The number of aliphatic hydroxyl groups excluding tert-OH is 1. The van der Waals surface area contributed by atoms with Crippen LogP contribution in [0.15, 0.2) is 27.8 Å². The van der Waals surface area contributed by atoms with E-state index in [0.717, 1.165) is 27.5 Å². The van der Waals surface area contributed by atoms with Gasteiger partial charge in [0.1, 0.15) is 6.61 Å². The Bertz CT molecular complexity index is 645. The first-order valence-corrected chi connectivity index (χ1v) is 7.47. The summed E-state index contributed by atoms with van der Waals surface area (Å²) in [5, 5.41) is 26.3. The lowest BCUT2D eigenvalue weighted by Crippen LogP contribution is -2.05. The van der Waals surface area contributed by atoms with Crippen LogP contribution in [0.3, 0.4) is 0 Å². The fourth-order valence-electron chi connectivity index (χ4n) is 1.66. The standard InChI is InChI=1S/C12H12BrN3O3S/c1-7-2-3-9(8(13)4-7)16-10(5-17)14-15-12(16)20-6-11(18)19/h2-4,17H,5-6H2,1H3,(H,18,19). The summed E-state index contributed by atoms with van der Waals surface area (Å²) >= 11 is 4.52. The normalized spacial score (nSPS) is 10.8. The maximum Gasteiger partial charge on any atom is 0.313 e. The topological polar surface area (TPSA) is 88.2 Å². The number of thioether (sulfide) groups is 1. The Morgan fingerprint density at radius 2 is 2.20 bits per heavy atom. The van der Waals surface area contributed by atoms with Crippen molar-refractivity contribution in [3.05, 3.63) is 34.1 Å². The molecule has 0 atom stereocenters. The molecule has 0 amide bonds. The van der Waals surface area contributed by atoms with E-state index < -0.39 is 5.97 Å². The van der Waals surface area contributed by atoms with Gasteiger partial charge in [-0.25, -0.2) is 0 Å². The zero-order chi connectivity index (χ0) is 14.7. The van der Waals surface area contributed by atoms with E-state index in [0.29, 0.717) is 11.0 Å². The molecule has 1 heterocycles. The number of rotatable bonds is 5. The Labute approximate surface area is 128 Å². The Morgan fingerprint density at radius 1 is 1.45 bits per heavy atom. The van der Waals surface area contributed by atoms with Gasteiger partial charge in [-0.05, 0) is 40.5 Å². The maximum absolute atomic E-state index is 10.7. The van der Waals surface area contributed by atoms with Gasteiger partial charge in [0.2, 0.25) is 0 Å². The van der Waals surface area contributed by atoms with E-state index >= 15 is 0 Å². The van der Waals surface area contributed by atoms with Gasteiger partial charge in [0.25, 0.3) is 0 Å². The Hall–Kier alpha value is -1.38. The highest BCUT2D eigenvalue weighted by Gasteiger charge is 2.16. The molecule has 20 heavy (non-hydrogen) atoms. The smallest absolute Gasteiger partial charge is 0.313 e. The highest BCUT2D eigenvalue weighted by molar-refractivity contribution is 9.10. The lowest BCUT2D eigenvalue weighted by atomic mass is 10.2. The average Bonchev–Trinajstić information content (AvgIpc) is 2.79. The van der Waals surface area contributed by atoms with E-state index in [4.69, 9.17) is 5.11 Å². The number of hydrogen-bond acceptors (Lipinski definition) is 5. The molecule has 0 spiro atoms. The van der Waals surface area contributed by atoms with Crippen LogP contribution >= 0.6 is 27.7 Å². The molecule has 0 saturated heterocycles. The molecule has 1 aromatic carbocycles. The maximum atomic E-state index is 10.7. The van der Waals surface area contributed by atoms with Gasteiger partial charge in [-0.3, -0.25) is 9.36 Å². The minimum Gasteiger partial charge on any atom is -0.481 e. The highest BCUT2D eigenvalue weighted by Crippen LogP contribution is 2.28. The van der Waals surface area contributed by atoms with Crippen molar-refractivity contribution in [1.82, 2.24) is 14.8 Å². The first-order valence-electron chi connectivity index (χ1n) is 5.69. The molecule has 106 valence electrons. The molecular formula is C12H12BrN3O3S. The third-order valence-corrected chi connectivity index (χ3v) is 4.06. The van der Waals surface area contributed by atoms with E-state index in [9.17, 15) is 9.90 Å². The van der Waals surface area contributed by atoms with Crippen LogP contribution in [-0.2, 0) is 11.4 Å². The quantitative estimate of drug-likeness (QED) is 0.795. The number of aliphatic hydroxyl groups is 1. The fraction of sp³-hybridized carbons (Fsp3) is 0.250. The van der Waals surface area contributed by atoms with Crippen molar-refractivity contribution in [2.45, 2.75) is 18.7 Å². The van der Waals surface area contributed by atoms with Crippen molar-refractivity contribution in [1.29, 1.82) is 0 Å². The molecular weight excluding hydrogens is 346 g/mol. The van der Waals surface area contributed by atoms with Crippen LogP contribution < -0.4 is 0 Å². The summed E-state index contributed by atoms with van der Waals surface area (Å²) in [6.07, 6.45) is 0. The van der Waals surface area contributed by atoms with Crippen LogP contribution in [0.1, 0.15) is 11.4 Å². The summed E-state index contributed by atoms with van der Waals surface area (Å²) in [5.74, 6) is -0.687. The Balaban J connectivity index is 2.47. The Kier molecular flexibility index (Phi) is 4.79. The second-order valence-electron chi connectivity index (χ2n) is 4.03. The predicted octanol–water partition coefficient (Wildman–Crippen LogP) is 2.01. The number of aromatic nitrogens is 3. The summed E-state index contributed by atoms with van der Waals surface area (Å²) in [7, 11) is 0. The average molecular weight is 358 g/mol. The van der Waals surface area contributed by atoms with Crippen LogP contribution in [0.25, 0.3) is 5.69 Å². The van der Waals surface area contributed by atoms with Crippen molar-refractivity contribution in [3.63, 3.8) is 0 Å². The molecule has 6 nitrogen and oxygen atoms in total. The first kappa shape index (κ1) is 15.0. The number of hydrogen-bond donors (Lipinski definition) is 2. The molecule has 1 aromatic heterocycles. The fourth-order valence-corrected chi connectivity index (χ4v) is 3.01. The van der Waals surface area contributed by atoms with E-state index in [1.165, 1.54) is 0 Å². The van der Waals surface area contributed by atoms with E-state index in [2.05, 4.69) is 26.1 Å². The Morgan fingerprint density at radius 3 is 2.80 bits per heavy atom. The molecule has 0 unspecified atom stereocenters. The predicted molar refractivity (Wildman–Crippen MR) is 78.1 cm³/mol. The molecule has 0 radical (unpaired) electrons. The van der Waals surface area contributed by atoms with Gasteiger partial charge < -0.3 is 10.2 Å². The number of aryl methyl sites for hydroxylation is 1. The molecule has 2 N–H and O–H groups in total. The third-order valence-electron chi connectivity index (χ3n) is 2.51. The van der Waals surface area contributed by atoms with E-state index in [1.807, 2.05) is 25.1 Å². The molecule has 0 bridgehead atoms. The van der Waals surface area contributed by atoms with Crippen LogP contribution in [0, 0.1) is 6.92 Å². The lowest BCUT2D eigenvalue weighted by molar-refractivity contribution is -0.133. The van der Waals surface area contributed by atoms with Crippen LogP contribution in [-0.4, -0.2) is 36.7 Å². The van der Waals surface area contributed by atoms with E-state index in [-0.39, 0.29) is 12.4 Å². The minimum absolute atomic E-state index is 0.118. The molecule has 0 aliphatic carbocycles. The number of benzene rings is 1. The van der Waals surface area contributed by atoms with Gasteiger partial charge in [-0.15, -0.1) is 10.2 Å². The molecule has 2 rings (SSSR count). The van der Waals surface area contributed by atoms with Crippen LogP contribution in [0.4, 0.5) is 0 Å². The van der Waals surface area contributed by atoms with Gasteiger partial charge in [0, 0.05) is 4.47 Å². The summed E-state index contributed by atoms with van der Waals surface area (Å²) in [5.41, 5.74) is 1.84. The molecule has 0 aliphatic heterocycles. The summed E-state index contributed by atoms with van der Waals surface area (Å²) in [6.45, 7) is 1.69. The van der Waals surface area contributed by atoms with Crippen molar-refractivity contribution in [2.75, 3.05) is 5.75 Å². The number of carboxylic acids is 1. The number of aliphatic carboxylic acids is 1. The second kappa shape index (κ2) is 6.38. The molecule has 8 heteroatoms. The molecule has 0 saturated carbocycles. The van der Waals surface area contributed by atoms with Gasteiger partial charge in [0.05, 0.1) is 11.4 Å². The lowest BCUT2D eigenvalue weighted by Gasteiger charge is -2.11. The number of halogens is 1. The zero-order valence-electron chi connectivity index (χ0n) is 10.6. The largest absolute Gasteiger partial charge is 0.481 e. The van der Waals surface area contributed by atoms with Crippen LogP contribution in [0.2, 0.25) is 0 Å². The minimum atomic E-state index is -0.932. The number of carbonyl (C=O) groups is 1. The number of nitrogens with zero attached hydrogens (tertiary/aromatic N) is 3. The second-order valence-corrected chi connectivity index (χ2v) is 5.83. The van der Waals surface area contributed by atoms with Gasteiger partial charge in [-0.1, -0.05) is 17.8 Å². The van der Waals surface area contributed by atoms with Crippen molar-refractivity contribution < 1.29 is 15.0 Å². The van der Waals surface area contributed by atoms with Crippen LogP contribution in [0.5, 0.6) is 0 Å². The van der Waals surface area contributed by atoms with Gasteiger partial charge in [-0.2, -0.15) is 0 Å². The molecule has 0 aliphatic rings. The monoisotopic (exact) mass is 357 g/mol. The highest BCUT2D eigenvalue weighted by atomic mass is 79.9. The summed E-state index contributed by atoms with van der Waals surface area (Å²) in [6, 6.07) is 5.72. The summed E-state index contributed by atoms with van der Waals surface area (Å²) in [4.78, 5) is 10.7. The first-order chi connectivity index (χ1) is 9.52. The summed E-state index contributed by atoms with van der Waals surface area (Å²) < 4.78 is 2.47.